The summed E-state index contributed by atoms with van der Waals surface area (Å²) in [6.45, 7) is 12.6. The van der Waals surface area contributed by atoms with Crippen molar-refractivity contribution in [2.24, 2.45) is 11.3 Å². The van der Waals surface area contributed by atoms with Gasteiger partial charge in [0.05, 0.1) is 0 Å². The van der Waals surface area contributed by atoms with E-state index < -0.39 is 5.60 Å². The lowest BCUT2D eigenvalue weighted by Crippen LogP contribution is -2.54. The van der Waals surface area contributed by atoms with Crippen molar-refractivity contribution in [2.75, 3.05) is 0 Å². The van der Waals surface area contributed by atoms with Crippen molar-refractivity contribution in [3.63, 3.8) is 0 Å². The van der Waals surface area contributed by atoms with E-state index in [0.29, 0.717) is 19.3 Å². The molecule has 0 N–H and O–H groups in total. The lowest BCUT2D eigenvalue weighted by molar-refractivity contribution is -0.195. The van der Waals surface area contributed by atoms with Crippen LogP contribution in [0.3, 0.4) is 0 Å². The lowest BCUT2D eigenvalue weighted by Gasteiger charge is -2.52. The van der Waals surface area contributed by atoms with Crippen LogP contribution in [0.15, 0.2) is 23.3 Å². The number of allylic oxidation sites excluding steroid dienone is 2. The molecule has 0 aromatic carbocycles. The standard InChI is InChI=1S/C26H40O6/c1-17-10-12-22-15-24(31-20(4)28)25(6,16-26(22,7)32-21(5)29)14-8-9-18(2)23(13-11-17)30-19(3)27/h9,11,22-24H,8,10,12-16H2,1-7H3/b17-11-,18-9-/t22-,23+,24+,25+,26+/m1/s1. The zero-order valence-electron chi connectivity index (χ0n) is 20.8. The molecule has 1 saturated carbocycles. The molecule has 0 heterocycles. The summed E-state index contributed by atoms with van der Waals surface area (Å²) in [5, 5.41) is 0. The highest BCUT2D eigenvalue weighted by Crippen LogP contribution is 2.52. The molecule has 6 nitrogen and oxygen atoms in total. The molecule has 0 spiro atoms. The van der Waals surface area contributed by atoms with Crippen LogP contribution >= 0.6 is 0 Å². The van der Waals surface area contributed by atoms with E-state index in [-0.39, 0.29) is 41.4 Å². The van der Waals surface area contributed by atoms with Gasteiger partial charge in [0.1, 0.15) is 17.8 Å². The highest BCUT2D eigenvalue weighted by atomic mass is 16.6. The summed E-state index contributed by atoms with van der Waals surface area (Å²) < 4.78 is 17.3. The average molecular weight is 449 g/mol. The first-order valence-electron chi connectivity index (χ1n) is 11.7. The third-order valence-corrected chi connectivity index (χ3v) is 7.14. The Morgan fingerprint density at radius 3 is 2.22 bits per heavy atom. The molecular formula is C26H40O6. The number of hydrogen-bond donors (Lipinski definition) is 0. The summed E-state index contributed by atoms with van der Waals surface area (Å²) in [6, 6.07) is 0. The number of rotatable bonds is 3. The van der Waals surface area contributed by atoms with E-state index >= 15 is 0 Å². The van der Waals surface area contributed by atoms with Crippen LogP contribution < -0.4 is 0 Å². The van der Waals surface area contributed by atoms with Crippen LogP contribution in [-0.4, -0.2) is 35.7 Å². The molecule has 32 heavy (non-hydrogen) atoms. The Kier molecular flexibility index (Phi) is 8.72. The largest absolute Gasteiger partial charge is 0.462 e. The van der Waals surface area contributed by atoms with Crippen LogP contribution in [0, 0.1) is 11.3 Å². The molecular weight excluding hydrogens is 408 g/mol. The van der Waals surface area contributed by atoms with Crippen LogP contribution in [0.1, 0.15) is 93.4 Å². The summed E-state index contributed by atoms with van der Waals surface area (Å²) in [5.74, 6) is -0.765. The third-order valence-electron chi connectivity index (χ3n) is 7.14. The Bertz CT molecular complexity index is 781. The second-order valence-electron chi connectivity index (χ2n) is 10.2. The maximum absolute atomic E-state index is 12.0. The number of carbonyl (C=O) groups excluding carboxylic acids is 3. The molecule has 3 aliphatic rings. The van der Waals surface area contributed by atoms with Gasteiger partial charge in [-0.25, -0.2) is 0 Å². The maximum atomic E-state index is 12.0. The zero-order chi connectivity index (χ0) is 24.1. The minimum absolute atomic E-state index is 0.0802. The molecule has 0 saturated heterocycles. The van der Waals surface area contributed by atoms with Gasteiger partial charge in [0.25, 0.3) is 0 Å². The minimum atomic E-state index is -0.610. The first-order valence-corrected chi connectivity index (χ1v) is 11.7. The predicted molar refractivity (Wildman–Crippen MR) is 123 cm³/mol. The van der Waals surface area contributed by atoms with Gasteiger partial charge in [-0.3, -0.25) is 14.4 Å². The van der Waals surface area contributed by atoms with Crippen molar-refractivity contribution in [1.82, 2.24) is 0 Å². The summed E-state index contributed by atoms with van der Waals surface area (Å²) in [6.07, 6.45) is 8.88. The lowest BCUT2D eigenvalue weighted by atomic mass is 9.60. The molecule has 180 valence electrons. The number of hydrogen-bond acceptors (Lipinski definition) is 6. The molecule has 0 unspecified atom stereocenters. The van der Waals surface area contributed by atoms with E-state index in [0.717, 1.165) is 31.3 Å². The number of carbonyl (C=O) groups is 3. The summed E-state index contributed by atoms with van der Waals surface area (Å²) >= 11 is 0. The molecule has 5 atom stereocenters. The van der Waals surface area contributed by atoms with Crippen molar-refractivity contribution < 1.29 is 28.6 Å². The number of fused-ring (bicyclic) bond motifs is 9. The third kappa shape index (κ3) is 6.94. The fraction of sp³-hybridized carbons (Fsp3) is 0.731. The Hall–Kier alpha value is -2.11. The molecule has 0 aromatic rings. The van der Waals surface area contributed by atoms with Crippen molar-refractivity contribution in [3.8, 4) is 0 Å². The molecule has 0 aromatic heterocycles. The van der Waals surface area contributed by atoms with Crippen molar-refractivity contribution in [1.29, 1.82) is 0 Å². The molecule has 0 aliphatic heterocycles. The second-order valence-corrected chi connectivity index (χ2v) is 10.2. The van der Waals surface area contributed by atoms with Crippen LogP contribution in [0.2, 0.25) is 0 Å². The van der Waals surface area contributed by atoms with Crippen LogP contribution in [0.4, 0.5) is 0 Å². The molecule has 0 amide bonds. The highest BCUT2D eigenvalue weighted by Gasteiger charge is 2.53. The Morgan fingerprint density at radius 2 is 1.62 bits per heavy atom. The minimum Gasteiger partial charge on any atom is -0.462 e. The van der Waals surface area contributed by atoms with Crippen LogP contribution in [-0.2, 0) is 28.6 Å². The van der Waals surface area contributed by atoms with Gasteiger partial charge in [0.2, 0.25) is 0 Å². The van der Waals surface area contributed by atoms with Crippen molar-refractivity contribution in [3.05, 3.63) is 23.3 Å². The Balaban J connectivity index is 2.45. The van der Waals surface area contributed by atoms with Gasteiger partial charge in [-0.2, -0.15) is 0 Å². The first kappa shape index (κ1) is 26.1. The second kappa shape index (κ2) is 10.7. The van der Waals surface area contributed by atoms with Crippen molar-refractivity contribution in [2.45, 2.75) is 111 Å². The van der Waals surface area contributed by atoms with E-state index in [1.165, 1.54) is 26.3 Å². The fourth-order valence-corrected chi connectivity index (χ4v) is 5.46. The van der Waals surface area contributed by atoms with Gasteiger partial charge in [-0.15, -0.1) is 0 Å². The van der Waals surface area contributed by atoms with Gasteiger partial charge < -0.3 is 14.2 Å². The predicted octanol–water partition coefficient (Wildman–Crippen LogP) is 5.44. The molecule has 6 heteroatoms. The van der Waals surface area contributed by atoms with E-state index in [1.54, 1.807) is 0 Å². The monoisotopic (exact) mass is 448 g/mol. The summed E-state index contributed by atoms with van der Waals surface area (Å²) in [4.78, 5) is 35.5. The average Bonchev–Trinajstić information content (AvgIpc) is 2.64. The van der Waals surface area contributed by atoms with Crippen LogP contribution in [0.5, 0.6) is 0 Å². The van der Waals surface area contributed by atoms with Crippen LogP contribution in [0.25, 0.3) is 0 Å². The topological polar surface area (TPSA) is 78.9 Å². The molecule has 0 radical (unpaired) electrons. The fourth-order valence-electron chi connectivity index (χ4n) is 5.46. The molecule has 3 rings (SSSR count). The highest BCUT2D eigenvalue weighted by molar-refractivity contribution is 5.67. The van der Waals surface area contributed by atoms with Gasteiger partial charge in [-0.1, -0.05) is 24.6 Å². The van der Waals surface area contributed by atoms with E-state index in [2.05, 4.69) is 26.0 Å². The summed E-state index contributed by atoms with van der Waals surface area (Å²) in [7, 11) is 0. The normalized spacial score (nSPS) is 37.2. The molecule has 2 bridgehead atoms. The molecule has 3 aliphatic carbocycles. The van der Waals surface area contributed by atoms with Gasteiger partial charge in [0, 0.05) is 38.5 Å². The maximum Gasteiger partial charge on any atom is 0.303 e. The molecule has 1 fully saturated rings. The Labute approximate surface area is 192 Å². The SMILES string of the molecule is CC(=O)O[C@H]1C/C=C(/C)CC[C@@H]2C[C@H](OC(C)=O)[C@@](C)(CC/C=C\1C)C[C@]2(C)OC(C)=O. The Morgan fingerprint density at radius 1 is 0.969 bits per heavy atom. The first-order chi connectivity index (χ1) is 14.8. The zero-order valence-corrected chi connectivity index (χ0v) is 20.8. The number of ether oxygens (including phenoxy) is 3. The van der Waals surface area contributed by atoms with E-state index in [1.807, 2.05) is 13.8 Å². The van der Waals surface area contributed by atoms with E-state index in [9.17, 15) is 14.4 Å². The summed E-state index contributed by atoms with van der Waals surface area (Å²) in [5.41, 5.74) is 1.27. The van der Waals surface area contributed by atoms with Gasteiger partial charge >= 0.3 is 17.9 Å². The van der Waals surface area contributed by atoms with Gasteiger partial charge in [-0.05, 0) is 64.9 Å². The van der Waals surface area contributed by atoms with E-state index in [4.69, 9.17) is 14.2 Å². The smallest absolute Gasteiger partial charge is 0.303 e. The van der Waals surface area contributed by atoms with Gasteiger partial charge in [0.15, 0.2) is 0 Å². The quantitative estimate of drug-likeness (QED) is 0.325. The number of esters is 3. The van der Waals surface area contributed by atoms with Crippen molar-refractivity contribution >= 4 is 17.9 Å².